The number of halogens is 1. The molecule has 0 aromatic heterocycles. The average Bonchev–Trinajstić information content (AvgIpc) is 2.85. The Labute approximate surface area is 128 Å². The monoisotopic (exact) mass is 291 g/mol. The van der Waals surface area contributed by atoms with E-state index in [0.717, 1.165) is 10.9 Å². The molecule has 0 aliphatic heterocycles. The number of hydrogen-bond acceptors (Lipinski definition) is 1. The molecule has 0 heterocycles. The lowest BCUT2D eigenvalue weighted by Crippen LogP contribution is -2.50. The van der Waals surface area contributed by atoms with Crippen molar-refractivity contribution in [3.8, 4) is 0 Å². The second-order valence-electron chi connectivity index (χ2n) is 7.79. The van der Waals surface area contributed by atoms with Gasteiger partial charge in [-0.1, -0.05) is 44.5 Å². The van der Waals surface area contributed by atoms with E-state index >= 15 is 0 Å². The smallest absolute Gasteiger partial charge is 0.0409 e. The molecular formula is C18H26ClN. The van der Waals surface area contributed by atoms with Crippen LogP contribution in [0.15, 0.2) is 24.3 Å². The number of nitrogens with one attached hydrogen (secondary N) is 1. The summed E-state index contributed by atoms with van der Waals surface area (Å²) < 4.78 is 0. The third-order valence-electron chi connectivity index (χ3n) is 6.04. The van der Waals surface area contributed by atoms with E-state index in [2.05, 4.69) is 45.1 Å². The summed E-state index contributed by atoms with van der Waals surface area (Å²) in [6.45, 7) is 9.63. The molecule has 2 aliphatic carbocycles. The summed E-state index contributed by atoms with van der Waals surface area (Å²) in [5.41, 5.74) is 2.17. The van der Waals surface area contributed by atoms with Crippen LogP contribution in [-0.2, 0) is 0 Å². The first-order valence-corrected chi connectivity index (χ1v) is 8.22. The van der Waals surface area contributed by atoms with Gasteiger partial charge in [-0.3, -0.25) is 0 Å². The van der Waals surface area contributed by atoms with Crippen molar-refractivity contribution in [3.63, 3.8) is 0 Å². The summed E-state index contributed by atoms with van der Waals surface area (Å²) in [4.78, 5) is 0. The maximum Gasteiger partial charge on any atom is 0.0409 e. The molecule has 1 nitrogen and oxygen atoms in total. The van der Waals surface area contributed by atoms with E-state index in [4.69, 9.17) is 11.6 Å². The predicted octanol–water partition coefficient (Wildman–Crippen LogP) is 5.21. The summed E-state index contributed by atoms with van der Waals surface area (Å²) in [5, 5.41) is 4.75. The highest BCUT2D eigenvalue weighted by Crippen LogP contribution is 2.62. The van der Waals surface area contributed by atoms with Crippen LogP contribution < -0.4 is 5.32 Å². The minimum Gasteiger partial charge on any atom is -0.306 e. The molecule has 3 rings (SSSR count). The van der Waals surface area contributed by atoms with Gasteiger partial charge in [0.1, 0.15) is 0 Å². The SMILES string of the molecule is C[C@H](NC1C2(C)CCC(C2)C1(C)C)c1cccc(Cl)c1. The standard InChI is InChI=1S/C18H26ClN/c1-12(13-6-5-7-15(19)10-13)20-16-17(2,3)14-8-9-18(16,4)11-14/h5-7,10,12,14,16,20H,8-9,11H2,1-4H3/t12-,14?,16?,18?/m0/s1. The number of benzene rings is 1. The van der Waals surface area contributed by atoms with Crippen LogP contribution in [0.3, 0.4) is 0 Å². The van der Waals surface area contributed by atoms with Gasteiger partial charge in [-0.05, 0) is 60.6 Å². The molecule has 1 aromatic carbocycles. The minimum atomic E-state index is 0.356. The van der Waals surface area contributed by atoms with Crippen molar-refractivity contribution in [2.75, 3.05) is 0 Å². The van der Waals surface area contributed by atoms with Crippen LogP contribution in [0, 0.1) is 16.7 Å². The van der Waals surface area contributed by atoms with Crippen molar-refractivity contribution in [2.24, 2.45) is 16.7 Å². The van der Waals surface area contributed by atoms with Crippen molar-refractivity contribution in [1.82, 2.24) is 5.32 Å². The van der Waals surface area contributed by atoms with Gasteiger partial charge in [0.2, 0.25) is 0 Å². The molecule has 0 spiro atoms. The Kier molecular flexibility index (Phi) is 3.42. The maximum absolute atomic E-state index is 6.12. The minimum absolute atomic E-state index is 0.356. The van der Waals surface area contributed by atoms with Crippen molar-refractivity contribution in [2.45, 2.75) is 59.0 Å². The van der Waals surface area contributed by atoms with Crippen LogP contribution in [0.4, 0.5) is 0 Å². The lowest BCUT2D eigenvalue weighted by Gasteiger charge is -2.44. The zero-order chi connectivity index (χ0) is 14.5. The van der Waals surface area contributed by atoms with Gasteiger partial charge in [0.05, 0.1) is 0 Å². The molecule has 2 heteroatoms. The summed E-state index contributed by atoms with van der Waals surface area (Å²) in [5.74, 6) is 0.886. The van der Waals surface area contributed by atoms with Gasteiger partial charge in [0.25, 0.3) is 0 Å². The van der Waals surface area contributed by atoms with Gasteiger partial charge in [-0.2, -0.15) is 0 Å². The maximum atomic E-state index is 6.12. The van der Waals surface area contributed by atoms with Crippen LogP contribution in [-0.4, -0.2) is 6.04 Å². The van der Waals surface area contributed by atoms with Crippen molar-refractivity contribution < 1.29 is 0 Å². The topological polar surface area (TPSA) is 12.0 Å². The quantitative estimate of drug-likeness (QED) is 0.806. The van der Waals surface area contributed by atoms with Crippen LogP contribution >= 0.6 is 11.6 Å². The Morgan fingerprint density at radius 1 is 1.30 bits per heavy atom. The number of hydrogen-bond donors (Lipinski definition) is 1. The van der Waals surface area contributed by atoms with E-state index in [1.807, 2.05) is 12.1 Å². The van der Waals surface area contributed by atoms with E-state index < -0.39 is 0 Å². The largest absolute Gasteiger partial charge is 0.306 e. The summed E-state index contributed by atoms with van der Waals surface area (Å²) >= 11 is 6.12. The Morgan fingerprint density at radius 2 is 2.05 bits per heavy atom. The molecule has 110 valence electrons. The molecule has 1 N–H and O–H groups in total. The highest BCUT2D eigenvalue weighted by atomic mass is 35.5. The molecule has 1 aromatic rings. The fraction of sp³-hybridized carbons (Fsp3) is 0.667. The molecule has 2 aliphatic rings. The van der Waals surface area contributed by atoms with E-state index in [-0.39, 0.29) is 0 Å². The molecule has 2 fully saturated rings. The van der Waals surface area contributed by atoms with E-state index in [0.29, 0.717) is 22.9 Å². The second kappa shape index (κ2) is 4.74. The predicted molar refractivity (Wildman–Crippen MR) is 86.0 cm³/mol. The van der Waals surface area contributed by atoms with Crippen molar-refractivity contribution in [1.29, 1.82) is 0 Å². The molecule has 2 saturated carbocycles. The summed E-state index contributed by atoms with van der Waals surface area (Å²) in [7, 11) is 0. The van der Waals surface area contributed by atoms with E-state index in [1.54, 1.807) is 0 Å². The van der Waals surface area contributed by atoms with Crippen LogP contribution in [0.2, 0.25) is 5.02 Å². The molecule has 4 atom stereocenters. The van der Waals surface area contributed by atoms with E-state index in [1.165, 1.54) is 24.8 Å². The summed E-state index contributed by atoms with van der Waals surface area (Å²) in [6.07, 6.45) is 4.17. The zero-order valence-corrected chi connectivity index (χ0v) is 13.8. The lowest BCUT2D eigenvalue weighted by molar-refractivity contribution is 0.100. The zero-order valence-electron chi connectivity index (χ0n) is 13.0. The first-order chi connectivity index (χ1) is 9.33. The molecule has 0 saturated heterocycles. The van der Waals surface area contributed by atoms with Gasteiger partial charge in [0, 0.05) is 17.1 Å². The first kappa shape index (κ1) is 14.4. The Balaban J connectivity index is 1.80. The van der Waals surface area contributed by atoms with Crippen LogP contribution in [0.1, 0.15) is 58.6 Å². The normalized spacial score (nSPS) is 36.2. The second-order valence-corrected chi connectivity index (χ2v) is 8.23. The van der Waals surface area contributed by atoms with Crippen molar-refractivity contribution in [3.05, 3.63) is 34.9 Å². The fourth-order valence-corrected chi connectivity index (χ4v) is 5.04. The summed E-state index contributed by atoms with van der Waals surface area (Å²) in [6, 6.07) is 9.20. The molecule has 20 heavy (non-hydrogen) atoms. The fourth-order valence-electron chi connectivity index (χ4n) is 4.84. The van der Waals surface area contributed by atoms with Gasteiger partial charge in [-0.25, -0.2) is 0 Å². The highest BCUT2D eigenvalue weighted by molar-refractivity contribution is 6.30. The Bertz CT molecular complexity index is 505. The van der Waals surface area contributed by atoms with Crippen molar-refractivity contribution >= 4 is 11.6 Å². The van der Waals surface area contributed by atoms with Gasteiger partial charge >= 0.3 is 0 Å². The first-order valence-electron chi connectivity index (χ1n) is 7.84. The molecule has 0 amide bonds. The van der Waals surface area contributed by atoms with Crippen LogP contribution in [0.25, 0.3) is 0 Å². The van der Waals surface area contributed by atoms with Gasteiger partial charge in [-0.15, -0.1) is 0 Å². The Morgan fingerprint density at radius 3 is 2.65 bits per heavy atom. The van der Waals surface area contributed by atoms with Gasteiger partial charge < -0.3 is 5.32 Å². The van der Waals surface area contributed by atoms with E-state index in [9.17, 15) is 0 Å². The number of fused-ring (bicyclic) bond motifs is 2. The number of rotatable bonds is 3. The average molecular weight is 292 g/mol. The highest BCUT2D eigenvalue weighted by Gasteiger charge is 2.59. The third kappa shape index (κ3) is 2.19. The van der Waals surface area contributed by atoms with Crippen LogP contribution in [0.5, 0.6) is 0 Å². The molecule has 0 radical (unpaired) electrons. The molecule has 3 unspecified atom stereocenters. The third-order valence-corrected chi connectivity index (χ3v) is 6.27. The molecular weight excluding hydrogens is 266 g/mol. The lowest BCUT2D eigenvalue weighted by atomic mass is 9.68. The Hall–Kier alpha value is -0.530. The van der Waals surface area contributed by atoms with Gasteiger partial charge in [0.15, 0.2) is 0 Å². The molecule has 2 bridgehead atoms.